The van der Waals surface area contributed by atoms with Gasteiger partial charge in [0.15, 0.2) is 6.10 Å². The number of alkyl halides is 3. The molecule has 1 saturated heterocycles. The molecule has 3 aromatic carbocycles. The van der Waals surface area contributed by atoms with Gasteiger partial charge in [-0.2, -0.15) is 0 Å². The predicted octanol–water partition coefficient (Wildman–Crippen LogP) is 5.73. The lowest BCUT2D eigenvalue weighted by Crippen LogP contribution is -2.76. The lowest BCUT2D eigenvalue weighted by atomic mass is 9.86. The fourth-order valence-electron chi connectivity index (χ4n) is 5.11. The third-order valence-corrected chi connectivity index (χ3v) is 9.11. The first-order valence-corrected chi connectivity index (χ1v) is 16.6. The number of non-ortho nitro benzene ring substituents is 1. The van der Waals surface area contributed by atoms with Gasteiger partial charge in [-0.1, -0.05) is 95.5 Å². The van der Waals surface area contributed by atoms with Crippen LogP contribution in [0.5, 0.6) is 0 Å². The Morgan fingerprint density at radius 1 is 1.02 bits per heavy atom. The maximum absolute atomic E-state index is 14.2. The van der Waals surface area contributed by atoms with Gasteiger partial charge in [-0.15, -0.1) is 11.8 Å². The maximum Gasteiger partial charge on any atom is 0.356 e. The highest BCUT2D eigenvalue weighted by Gasteiger charge is 2.70. The minimum atomic E-state index is -2.25. The quantitative estimate of drug-likeness (QED) is 0.0347. The van der Waals surface area contributed by atoms with Crippen LogP contribution in [0.25, 0.3) is 0 Å². The Bertz CT molecular complexity index is 1780. The summed E-state index contributed by atoms with van der Waals surface area (Å²) in [7, 11) is 0. The molecule has 2 heterocycles. The number of amides is 1. The van der Waals surface area contributed by atoms with Gasteiger partial charge in [0.05, 0.1) is 4.92 Å². The minimum Gasteiger partial charge on any atom is -0.461 e. The highest BCUT2D eigenvalue weighted by molar-refractivity contribution is 8.00. The van der Waals surface area contributed by atoms with Gasteiger partial charge < -0.3 is 14.2 Å². The Morgan fingerprint density at radius 2 is 1.61 bits per heavy atom. The van der Waals surface area contributed by atoms with Crippen molar-refractivity contribution in [1.29, 1.82) is 0 Å². The molecule has 0 aliphatic carbocycles. The van der Waals surface area contributed by atoms with Crippen molar-refractivity contribution in [1.82, 2.24) is 4.90 Å². The minimum absolute atomic E-state index is 0.0278. The van der Waals surface area contributed by atoms with Gasteiger partial charge in [-0.05, 0) is 28.8 Å². The number of thioether (sulfide) groups is 1. The number of hydrogen-bond donors (Lipinski definition) is 0. The molecule has 0 N–H and O–H groups in total. The molecule has 1 fully saturated rings. The van der Waals surface area contributed by atoms with E-state index in [9.17, 15) is 29.3 Å². The number of fused-ring (bicyclic) bond motifs is 1. The van der Waals surface area contributed by atoms with Crippen LogP contribution in [0.1, 0.15) is 29.7 Å². The molecule has 0 saturated carbocycles. The van der Waals surface area contributed by atoms with Gasteiger partial charge >= 0.3 is 17.9 Å². The number of benzene rings is 3. The molecule has 0 unspecified atom stereocenters. The number of β-lactam (4-membered cyclic amide) rings is 1. The van der Waals surface area contributed by atoms with Crippen LogP contribution in [0.3, 0.4) is 0 Å². The number of rotatable bonds is 11. The van der Waals surface area contributed by atoms with Crippen molar-refractivity contribution in [3.05, 3.63) is 123 Å². The van der Waals surface area contributed by atoms with E-state index in [1.165, 1.54) is 37.4 Å². The summed E-state index contributed by atoms with van der Waals surface area (Å²) in [6.07, 6.45) is 0.300. The molecule has 0 radical (unpaired) electrons. The number of esters is 3. The van der Waals surface area contributed by atoms with Gasteiger partial charge in [0.25, 0.3) is 17.1 Å². The molecule has 16 heteroatoms. The second-order valence-corrected chi connectivity index (χ2v) is 14.3. The second kappa shape index (κ2) is 15.0. The van der Waals surface area contributed by atoms with Crippen molar-refractivity contribution in [3.8, 4) is 0 Å². The molecule has 12 nitrogen and oxygen atoms in total. The van der Waals surface area contributed by atoms with E-state index < -0.39 is 56.2 Å². The van der Waals surface area contributed by atoms with Crippen molar-refractivity contribution in [2.24, 2.45) is 4.99 Å². The largest absolute Gasteiger partial charge is 0.461 e. The molecule has 0 aromatic heterocycles. The zero-order valence-corrected chi connectivity index (χ0v) is 28.6. The number of nitro benzene ring substituents is 1. The van der Waals surface area contributed by atoms with Crippen molar-refractivity contribution in [3.63, 3.8) is 0 Å². The molecule has 254 valence electrons. The van der Waals surface area contributed by atoms with E-state index in [1.807, 2.05) is 12.1 Å². The van der Waals surface area contributed by atoms with Crippen LogP contribution in [0.15, 0.2) is 101 Å². The van der Waals surface area contributed by atoms with Gasteiger partial charge in [0, 0.05) is 36.6 Å². The van der Waals surface area contributed by atoms with Crippen LogP contribution in [0.4, 0.5) is 5.69 Å². The number of carbonyl (C=O) groups excluding carboxylic acids is 4. The molecule has 49 heavy (non-hydrogen) atoms. The monoisotopic (exact) mass is 745 g/mol. The first-order valence-electron chi connectivity index (χ1n) is 14.5. The lowest BCUT2D eigenvalue weighted by molar-refractivity contribution is -0.384. The summed E-state index contributed by atoms with van der Waals surface area (Å²) in [5.74, 6) is -3.62. The summed E-state index contributed by atoms with van der Waals surface area (Å²) in [5, 5.41) is 9.96. The number of halogens is 3. The SMILES string of the molecule is CC(=O)OCC1=C(C(=O)OC(c2ccccc2)c2ccccc2)N2C(=O)[C@@](N=Cc3ccc([N+](=O)[O-])cc3)(C(=O)OCC(Cl)(Cl)Cl)[C@H]2SC1. The first-order chi connectivity index (χ1) is 23.3. The normalized spacial score (nSPS) is 18.9. The highest BCUT2D eigenvalue weighted by Crippen LogP contribution is 2.50. The fourth-order valence-corrected chi connectivity index (χ4v) is 6.70. The topological polar surface area (TPSA) is 155 Å². The van der Waals surface area contributed by atoms with Gasteiger partial charge in [-0.25, -0.2) is 9.59 Å². The molecular weight excluding hydrogens is 721 g/mol. The zero-order valence-electron chi connectivity index (χ0n) is 25.5. The van der Waals surface area contributed by atoms with E-state index in [2.05, 4.69) is 4.99 Å². The third-order valence-electron chi connectivity index (χ3n) is 7.40. The van der Waals surface area contributed by atoms with Crippen LogP contribution in [-0.4, -0.2) is 73.5 Å². The fraction of sp³-hybridized carbons (Fsp3) is 0.242. The van der Waals surface area contributed by atoms with Crippen molar-refractivity contribution < 1.29 is 38.3 Å². The lowest BCUT2D eigenvalue weighted by Gasteiger charge is -2.53. The second-order valence-electron chi connectivity index (χ2n) is 10.7. The van der Waals surface area contributed by atoms with Crippen LogP contribution < -0.4 is 0 Å². The Labute approximate surface area is 299 Å². The average Bonchev–Trinajstić information content (AvgIpc) is 3.09. The molecule has 0 bridgehead atoms. The summed E-state index contributed by atoms with van der Waals surface area (Å²) in [6, 6.07) is 23.1. The number of carbonyl (C=O) groups is 4. The molecular formula is C33H26Cl3N3O9S. The summed E-state index contributed by atoms with van der Waals surface area (Å²) >= 11 is 18.5. The summed E-state index contributed by atoms with van der Waals surface area (Å²) in [4.78, 5) is 69.8. The van der Waals surface area contributed by atoms with E-state index in [0.717, 1.165) is 16.7 Å². The van der Waals surface area contributed by atoms with Gasteiger partial charge in [0.1, 0.15) is 24.3 Å². The number of hydrogen-bond acceptors (Lipinski definition) is 11. The highest BCUT2D eigenvalue weighted by atomic mass is 35.6. The summed E-state index contributed by atoms with van der Waals surface area (Å²) in [6.45, 7) is 0.154. The van der Waals surface area contributed by atoms with E-state index >= 15 is 0 Å². The molecule has 0 spiro atoms. The molecule has 2 aliphatic heterocycles. The Hall–Kier alpha value is -4.43. The van der Waals surface area contributed by atoms with E-state index in [4.69, 9.17) is 49.0 Å². The van der Waals surface area contributed by atoms with Crippen LogP contribution in [-0.2, 0) is 33.4 Å². The van der Waals surface area contributed by atoms with Crippen molar-refractivity contribution in [2.75, 3.05) is 19.0 Å². The van der Waals surface area contributed by atoms with Crippen LogP contribution in [0.2, 0.25) is 0 Å². The molecule has 3 aromatic rings. The van der Waals surface area contributed by atoms with Gasteiger partial charge in [-0.3, -0.25) is 29.6 Å². The van der Waals surface area contributed by atoms with Crippen molar-refractivity contribution in [2.45, 2.75) is 27.7 Å². The van der Waals surface area contributed by atoms with E-state index in [0.29, 0.717) is 16.7 Å². The average molecular weight is 747 g/mol. The third kappa shape index (κ3) is 7.91. The van der Waals surface area contributed by atoms with E-state index in [-0.39, 0.29) is 29.3 Å². The maximum atomic E-state index is 14.2. The Kier molecular flexibility index (Phi) is 11.0. The van der Waals surface area contributed by atoms with Crippen LogP contribution >= 0.6 is 46.6 Å². The molecule has 5 rings (SSSR count). The molecule has 2 atom stereocenters. The van der Waals surface area contributed by atoms with E-state index in [1.54, 1.807) is 48.5 Å². The standard InChI is InChI=1S/C33H26Cl3N3O9S/c1-20(40)46-17-24-18-49-30-33(31(43)47-19-32(34,35)36,37-16-21-12-14-25(15-13-21)39(44)45)29(42)38(30)26(24)28(41)48-27(22-8-4-2-5-9-22)23-10-6-3-7-11-23/h2-16,27,30H,17-19H2,1H3/t30-,33+/m1/s1. The Morgan fingerprint density at radius 3 is 2.14 bits per heavy atom. The summed E-state index contributed by atoms with van der Waals surface area (Å²) < 4.78 is 14.5. The molecule has 2 aliphatic rings. The number of nitrogens with zero attached hydrogens (tertiary/aromatic N) is 3. The number of nitro groups is 1. The summed E-state index contributed by atoms with van der Waals surface area (Å²) in [5.41, 5.74) is -0.763. The van der Waals surface area contributed by atoms with Crippen LogP contribution in [0, 0.1) is 10.1 Å². The van der Waals surface area contributed by atoms with Gasteiger partial charge in [0.2, 0.25) is 3.79 Å². The first kappa shape index (κ1) is 35.9. The van der Waals surface area contributed by atoms with Crippen molar-refractivity contribution >= 4 is 82.3 Å². The zero-order chi connectivity index (χ0) is 35.3. The Balaban J connectivity index is 1.54. The number of aliphatic imine (C=N–C) groups is 1. The smallest absolute Gasteiger partial charge is 0.356 e. The number of ether oxygens (including phenoxy) is 3. The predicted molar refractivity (Wildman–Crippen MR) is 182 cm³/mol. The molecule has 1 amide bonds.